The molecule has 1 aromatic heterocycles. The van der Waals surface area contributed by atoms with E-state index in [9.17, 15) is 0 Å². The van der Waals surface area contributed by atoms with Gasteiger partial charge < -0.3 is 15.0 Å². The van der Waals surface area contributed by atoms with Crippen molar-refractivity contribution in [3.05, 3.63) is 23.9 Å². The standard InChI is InChI=1S/C17H29N3O/c1-14(2)12-18-13-15-6-4-9-19-17(15)21-11-8-16-7-5-10-20(16)3/h4,6,9,14,16,18H,5,7-8,10-13H2,1-3H3. The number of nitrogens with zero attached hydrogens (tertiary/aromatic N) is 2. The third kappa shape index (κ3) is 5.29. The van der Waals surface area contributed by atoms with Crippen LogP contribution in [-0.4, -0.2) is 42.7 Å². The molecule has 2 rings (SSSR count). The van der Waals surface area contributed by atoms with Crippen LogP contribution in [0.2, 0.25) is 0 Å². The summed E-state index contributed by atoms with van der Waals surface area (Å²) < 4.78 is 5.93. The fourth-order valence-corrected chi connectivity index (χ4v) is 2.82. The van der Waals surface area contributed by atoms with Gasteiger partial charge in [0, 0.05) is 24.3 Å². The van der Waals surface area contributed by atoms with Gasteiger partial charge in [0.1, 0.15) is 0 Å². The van der Waals surface area contributed by atoms with Gasteiger partial charge in [-0.25, -0.2) is 4.98 Å². The van der Waals surface area contributed by atoms with E-state index in [2.05, 4.69) is 42.2 Å². The molecule has 1 saturated heterocycles. The molecular formula is C17H29N3O. The van der Waals surface area contributed by atoms with E-state index < -0.39 is 0 Å². The molecule has 4 heteroatoms. The quantitative estimate of drug-likeness (QED) is 0.799. The molecule has 0 aliphatic carbocycles. The topological polar surface area (TPSA) is 37.4 Å². The van der Waals surface area contributed by atoms with E-state index in [4.69, 9.17) is 4.74 Å². The lowest BCUT2D eigenvalue weighted by Gasteiger charge is -2.19. The molecule has 1 unspecified atom stereocenters. The van der Waals surface area contributed by atoms with E-state index in [1.807, 2.05) is 12.3 Å². The van der Waals surface area contributed by atoms with Crippen molar-refractivity contribution in [1.29, 1.82) is 0 Å². The third-order valence-corrected chi connectivity index (χ3v) is 4.08. The summed E-state index contributed by atoms with van der Waals surface area (Å²) in [6.45, 7) is 8.24. The van der Waals surface area contributed by atoms with Gasteiger partial charge in [0.15, 0.2) is 0 Å². The van der Waals surface area contributed by atoms with Crippen molar-refractivity contribution in [3.63, 3.8) is 0 Å². The van der Waals surface area contributed by atoms with Gasteiger partial charge in [0.25, 0.3) is 0 Å². The van der Waals surface area contributed by atoms with Crippen LogP contribution < -0.4 is 10.1 Å². The monoisotopic (exact) mass is 291 g/mol. The highest BCUT2D eigenvalue weighted by Gasteiger charge is 2.20. The van der Waals surface area contributed by atoms with Gasteiger partial charge in [-0.1, -0.05) is 19.9 Å². The van der Waals surface area contributed by atoms with E-state index in [0.717, 1.165) is 37.6 Å². The fourth-order valence-electron chi connectivity index (χ4n) is 2.82. The van der Waals surface area contributed by atoms with Crippen LogP contribution in [0, 0.1) is 5.92 Å². The Balaban J connectivity index is 1.79. The lowest BCUT2D eigenvalue weighted by atomic mass is 10.1. The van der Waals surface area contributed by atoms with Gasteiger partial charge in [0.2, 0.25) is 5.88 Å². The van der Waals surface area contributed by atoms with E-state index in [1.54, 1.807) is 0 Å². The smallest absolute Gasteiger partial charge is 0.217 e. The van der Waals surface area contributed by atoms with E-state index in [1.165, 1.54) is 19.4 Å². The SMILES string of the molecule is CC(C)CNCc1cccnc1OCCC1CCCN1C. The summed E-state index contributed by atoms with van der Waals surface area (Å²) in [5, 5.41) is 3.45. The van der Waals surface area contributed by atoms with Crippen LogP contribution in [0.3, 0.4) is 0 Å². The van der Waals surface area contributed by atoms with Crippen LogP contribution in [-0.2, 0) is 6.54 Å². The minimum Gasteiger partial charge on any atom is -0.477 e. The second kappa shape index (κ2) is 8.35. The molecule has 0 bridgehead atoms. The molecule has 0 aromatic carbocycles. The van der Waals surface area contributed by atoms with Gasteiger partial charge >= 0.3 is 0 Å². The number of nitrogens with one attached hydrogen (secondary N) is 1. The molecule has 118 valence electrons. The molecule has 1 atom stereocenters. The third-order valence-electron chi connectivity index (χ3n) is 4.08. The molecule has 1 aromatic rings. The minimum atomic E-state index is 0.656. The van der Waals surface area contributed by atoms with Gasteiger partial charge in [0.05, 0.1) is 6.61 Å². The van der Waals surface area contributed by atoms with Gasteiger partial charge in [-0.3, -0.25) is 0 Å². The second-order valence-electron chi connectivity index (χ2n) is 6.41. The van der Waals surface area contributed by atoms with Crippen LogP contribution in [0.4, 0.5) is 0 Å². The molecule has 1 N–H and O–H groups in total. The fraction of sp³-hybridized carbons (Fsp3) is 0.706. The molecule has 0 saturated carbocycles. The number of aromatic nitrogens is 1. The van der Waals surface area contributed by atoms with Crippen LogP contribution in [0.5, 0.6) is 5.88 Å². The number of ether oxygens (including phenoxy) is 1. The Morgan fingerprint density at radius 2 is 2.33 bits per heavy atom. The molecule has 1 aliphatic heterocycles. The number of hydrogen-bond donors (Lipinski definition) is 1. The molecular weight excluding hydrogens is 262 g/mol. The maximum atomic E-state index is 5.93. The zero-order valence-electron chi connectivity index (χ0n) is 13.6. The number of likely N-dealkylation sites (tertiary alicyclic amines) is 1. The Bertz CT molecular complexity index is 422. The Hall–Kier alpha value is -1.13. The lowest BCUT2D eigenvalue weighted by molar-refractivity contribution is 0.227. The van der Waals surface area contributed by atoms with Crippen LogP contribution in [0.25, 0.3) is 0 Å². The molecule has 0 radical (unpaired) electrons. The second-order valence-corrected chi connectivity index (χ2v) is 6.41. The Morgan fingerprint density at radius 3 is 3.05 bits per heavy atom. The molecule has 0 spiro atoms. The van der Waals surface area contributed by atoms with Gasteiger partial charge in [-0.2, -0.15) is 0 Å². The average molecular weight is 291 g/mol. The van der Waals surface area contributed by atoms with Crippen molar-refractivity contribution in [3.8, 4) is 5.88 Å². The summed E-state index contributed by atoms with van der Waals surface area (Å²) in [6, 6.07) is 4.75. The van der Waals surface area contributed by atoms with Crippen molar-refractivity contribution >= 4 is 0 Å². The maximum Gasteiger partial charge on any atom is 0.217 e. The normalized spacial score (nSPS) is 19.3. The van der Waals surface area contributed by atoms with Crippen molar-refractivity contribution in [2.24, 2.45) is 5.92 Å². The first-order valence-corrected chi connectivity index (χ1v) is 8.14. The largest absolute Gasteiger partial charge is 0.477 e. The average Bonchev–Trinajstić information content (AvgIpc) is 2.86. The van der Waals surface area contributed by atoms with Crippen LogP contribution >= 0.6 is 0 Å². The van der Waals surface area contributed by atoms with E-state index in [0.29, 0.717) is 12.0 Å². The lowest BCUT2D eigenvalue weighted by Crippen LogP contribution is -2.26. The minimum absolute atomic E-state index is 0.656. The first kappa shape index (κ1) is 16.2. The highest BCUT2D eigenvalue weighted by Crippen LogP contribution is 2.19. The molecule has 21 heavy (non-hydrogen) atoms. The summed E-state index contributed by atoms with van der Waals surface area (Å²) in [6.07, 6.45) is 5.51. The predicted octanol–water partition coefficient (Wildman–Crippen LogP) is 2.69. The van der Waals surface area contributed by atoms with Crippen LogP contribution in [0.1, 0.15) is 38.7 Å². The van der Waals surface area contributed by atoms with Crippen molar-refractivity contribution in [2.75, 3.05) is 26.7 Å². The summed E-state index contributed by atoms with van der Waals surface area (Å²) in [5.74, 6) is 1.44. The molecule has 0 amide bonds. The summed E-state index contributed by atoms with van der Waals surface area (Å²) in [5.41, 5.74) is 1.15. The van der Waals surface area contributed by atoms with Crippen molar-refractivity contribution < 1.29 is 4.74 Å². The molecule has 4 nitrogen and oxygen atoms in total. The molecule has 1 aliphatic rings. The zero-order valence-corrected chi connectivity index (χ0v) is 13.6. The number of hydrogen-bond acceptors (Lipinski definition) is 4. The van der Waals surface area contributed by atoms with Crippen LogP contribution in [0.15, 0.2) is 18.3 Å². The van der Waals surface area contributed by atoms with Gasteiger partial charge in [-0.05, 0) is 51.4 Å². The Labute approximate surface area is 128 Å². The first-order chi connectivity index (χ1) is 10.2. The van der Waals surface area contributed by atoms with E-state index >= 15 is 0 Å². The highest BCUT2D eigenvalue weighted by atomic mass is 16.5. The zero-order chi connectivity index (χ0) is 15.1. The first-order valence-electron chi connectivity index (χ1n) is 8.14. The summed E-state index contributed by atoms with van der Waals surface area (Å²) >= 11 is 0. The highest BCUT2D eigenvalue weighted by molar-refractivity contribution is 5.25. The number of rotatable bonds is 8. The van der Waals surface area contributed by atoms with Crippen molar-refractivity contribution in [1.82, 2.24) is 15.2 Å². The molecule has 1 fully saturated rings. The number of pyridine rings is 1. The Morgan fingerprint density at radius 1 is 1.48 bits per heavy atom. The summed E-state index contributed by atoms with van der Waals surface area (Å²) in [7, 11) is 2.21. The summed E-state index contributed by atoms with van der Waals surface area (Å²) in [4.78, 5) is 6.82. The van der Waals surface area contributed by atoms with Crippen molar-refractivity contribution in [2.45, 2.75) is 45.7 Å². The maximum absolute atomic E-state index is 5.93. The predicted molar refractivity (Wildman–Crippen MR) is 86.5 cm³/mol. The van der Waals surface area contributed by atoms with Gasteiger partial charge in [-0.15, -0.1) is 0 Å². The van der Waals surface area contributed by atoms with E-state index in [-0.39, 0.29) is 0 Å². The molecule has 2 heterocycles. The Kier molecular flexibility index (Phi) is 6.46.